The van der Waals surface area contributed by atoms with Crippen LogP contribution in [0.15, 0.2) is 18.5 Å². The summed E-state index contributed by atoms with van der Waals surface area (Å²) in [5, 5.41) is 14.3. The van der Waals surface area contributed by atoms with E-state index in [4.69, 9.17) is 14.7 Å². The van der Waals surface area contributed by atoms with E-state index in [0.717, 1.165) is 66.4 Å². The first-order valence-electron chi connectivity index (χ1n) is 12.9. The largest absolute Gasteiger partial charge is 0.489 e. The summed E-state index contributed by atoms with van der Waals surface area (Å²) in [5.74, 6) is 3.17. The van der Waals surface area contributed by atoms with Crippen molar-refractivity contribution in [1.82, 2.24) is 39.1 Å². The van der Waals surface area contributed by atoms with Gasteiger partial charge in [-0.3, -0.25) is 14.8 Å². The standard InChI is InChI=1S/C26H38N8O2/c1-17(2)34-25(28-19(4)30-34)22-15-32-11-12-36-23-14-27-21(13-20(23)24(32)29-22)18(3)31-7-9-33(10-8-31)26(5,6)16-35/h13-15,17-18,35H,7-12,16H2,1-6H3/t18-/m1/s1. The highest BCUT2D eigenvalue weighted by molar-refractivity contribution is 5.68. The Morgan fingerprint density at radius 3 is 2.50 bits per heavy atom. The molecule has 2 aliphatic heterocycles. The van der Waals surface area contributed by atoms with Crippen LogP contribution < -0.4 is 4.74 Å². The zero-order valence-electron chi connectivity index (χ0n) is 22.3. The highest BCUT2D eigenvalue weighted by Gasteiger charge is 2.32. The number of aromatic nitrogens is 6. The molecule has 10 heteroatoms. The Balaban J connectivity index is 1.43. The van der Waals surface area contributed by atoms with E-state index in [-0.39, 0.29) is 24.2 Å². The van der Waals surface area contributed by atoms with Crippen LogP contribution in [-0.4, -0.2) is 89.1 Å². The molecule has 0 unspecified atom stereocenters. The van der Waals surface area contributed by atoms with Crippen LogP contribution in [0.2, 0.25) is 0 Å². The third-order valence-electron chi connectivity index (χ3n) is 7.48. The van der Waals surface area contributed by atoms with Gasteiger partial charge < -0.3 is 14.4 Å². The predicted octanol–water partition coefficient (Wildman–Crippen LogP) is 2.93. The number of hydrogen-bond acceptors (Lipinski definition) is 8. The van der Waals surface area contributed by atoms with Crippen LogP contribution in [0.5, 0.6) is 5.75 Å². The third kappa shape index (κ3) is 4.53. The minimum atomic E-state index is -0.192. The van der Waals surface area contributed by atoms with Gasteiger partial charge in [0.05, 0.1) is 30.6 Å². The average molecular weight is 495 g/mol. The number of fused-ring (bicyclic) bond motifs is 3. The van der Waals surface area contributed by atoms with Crippen molar-refractivity contribution in [3.05, 3.63) is 30.0 Å². The van der Waals surface area contributed by atoms with Gasteiger partial charge in [0, 0.05) is 50.0 Å². The summed E-state index contributed by atoms with van der Waals surface area (Å²) in [6, 6.07) is 2.49. The van der Waals surface area contributed by atoms with Gasteiger partial charge in [-0.05, 0) is 47.6 Å². The fourth-order valence-electron chi connectivity index (χ4n) is 5.11. The van der Waals surface area contributed by atoms with Gasteiger partial charge in [-0.2, -0.15) is 5.10 Å². The highest BCUT2D eigenvalue weighted by atomic mass is 16.5. The Morgan fingerprint density at radius 2 is 1.81 bits per heavy atom. The molecule has 1 saturated heterocycles. The summed E-state index contributed by atoms with van der Waals surface area (Å²) in [7, 11) is 0. The molecule has 3 aromatic rings. The van der Waals surface area contributed by atoms with E-state index in [1.165, 1.54) is 0 Å². The summed E-state index contributed by atoms with van der Waals surface area (Å²) in [4.78, 5) is 19.3. The molecule has 1 N–H and O–H groups in total. The molecule has 194 valence electrons. The van der Waals surface area contributed by atoms with Gasteiger partial charge in [-0.15, -0.1) is 0 Å². The summed E-state index contributed by atoms with van der Waals surface area (Å²) < 4.78 is 10.1. The lowest BCUT2D eigenvalue weighted by molar-refractivity contribution is 0.00653. The van der Waals surface area contributed by atoms with E-state index in [1.807, 2.05) is 17.8 Å². The Morgan fingerprint density at radius 1 is 1.06 bits per heavy atom. The molecule has 3 aromatic heterocycles. The molecule has 1 fully saturated rings. The average Bonchev–Trinajstić information content (AvgIpc) is 3.43. The molecule has 2 aliphatic rings. The van der Waals surface area contributed by atoms with Crippen molar-refractivity contribution in [2.75, 3.05) is 39.4 Å². The predicted molar refractivity (Wildman–Crippen MR) is 138 cm³/mol. The maximum Gasteiger partial charge on any atom is 0.178 e. The molecule has 1 atom stereocenters. The van der Waals surface area contributed by atoms with E-state index in [9.17, 15) is 5.11 Å². The molecule has 0 radical (unpaired) electrons. The zero-order valence-corrected chi connectivity index (χ0v) is 22.3. The number of aliphatic hydroxyl groups excluding tert-OH is 1. The fraction of sp³-hybridized carbons (Fsp3) is 0.615. The molecule has 0 amide bonds. The number of imidazole rings is 1. The fourth-order valence-corrected chi connectivity index (χ4v) is 5.11. The molecule has 36 heavy (non-hydrogen) atoms. The molecule has 10 nitrogen and oxygen atoms in total. The second-order valence-electron chi connectivity index (χ2n) is 10.8. The normalized spacial score (nSPS) is 18.0. The Hall–Kier alpha value is -2.82. The monoisotopic (exact) mass is 494 g/mol. The first kappa shape index (κ1) is 24.9. The first-order valence-corrected chi connectivity index (χ1v) is 12.9. The number of rotatable bonds is 6. The third-order valence-corrected chi connectivity index (χ3v) is 7.48. The van der Waals surface area contributed by atoms with E-state index < -0.39 is 0 Å². The molecule has 0 aromatic carbocycles. The number of aryl methyl sites for hydroxylation is 1. The summed E-state index contributed by atoms with van der Waals surface area (Å²) >= 11 is 0. The van der Waals surface area contributed by atoms with E-state index in [1.54, 1.807) is 0 Å². The minimum Gasteiger partial charge on any atom is -0.489 e. The molecule has 0 bridgehead atoms. The summed E-state index contributed by atoms with van der Waals surface area (Å²) in [6.45, 7) is 17.7. The summed E-state index contributed by atoms with van der Waals surface area (Å²) in [5.41, 5.74) is 2.60. The van der Waals surface area contributed by atoms with Crippen molar-refractivity contribution >= 4 is 0 Å². The topological polar surface area (TPSA) is 97.4 Å². The van der Waals surface area contributed by atoms with E-state index >= 15 is 0 Å². The number of nitrogens with zero attached hydrogens (tertiary/aromatic N) is 8. The van der Waals surface area contributed by atoms with Crippen molar-refractivity contribution in [3.63, 3.8) is 0 Å². The van der Waals surface area contributed by atoms with Crippen molar-refractivity contribution in [2.45, 2.75) is 65.7 Å². The Labute approximate surface area is 212 Å². The maximum absolute atomic E-state index is 9.74. The second kappa shape index (κ2) is 9.57. The summed E-state index contributed by atoms with van der Waals surface area (Å²) in [6.07, 6.45) is 3.90. The SMILES string of the molecule is Cc1nc(-c2cn3c(n2)-c2cc([C@@H](C)N4CCN(C(C)(C)CO)CC4)ncc2OCC3)n(C(C)C)n1. The molecular formula is C26H38N8O2. The molecule has 5 heterocycles. The van der Waals surface area contributed by atoms with E-state index in [0.29, 0.717) is 13.2 Å². The van der Waals surface area contributed by atoms with Gasteiger partial charge >= 0.3 is 0 Å². The van der Waals surface area contributed by atoms with Gasteiger partial charge in [0.25, 0.3) is 0 Å². The van der Waals surface area contributed by atoms with E-state index in [2.05, 4.69) is 71.3 Å². The number of hydrogen-bond donors (Lipinski definition) is 1. The van der Waals surface area contributed by atoms with Gasteiger partial charge in [0.1, 0.15) is 29.7 Å². The molecule has 0 aliphatic carbocycles. The molecule has 0 spiro atoms. The van der Waals surface area contributed by atoms with Crippen LogP contribution in [0.3, 0.4) is 0 Å². The quantitative estimate of drug-likeness (QED) is 0.559. The second-order valence-corrected chi connectivity index (χ2v) is 10.8. The van der Waals surface area contributed by atoms with Crippen LogP contribution >= 0.6 is 0 Å². The van der Waals surface area contributed by atoms with Gasteiger partial charge in [0.2, 0.25) is 0 Å². The number of piperazine rings is 1. The van der Waals surface area contributed by atoms with Crippen LogP contribution in [-0.2, 0) is 6.54 Å². The minimum absolute atomic E-state index is 0.160. The first-order chi connectivity index (χ1) is 17.2. The smallest absolute Gasteiger partial charge is 0.178 e. The molecule has 0 saturated carbocycles. The zero-order chi connectivity index (χ0) is 25.6. The van der Waals surface area contributed by atoms with Gasteiger partial charge in [-0.25, -0.2) is 14.6 Å². The van der Waals surface area contributed by atoms with Crippen LogP contribution in [0.25, 0.3) is 22.9 Å². The number of pyridine rings is 1. The van der Waals surface area contributed by atoms with Crippen molar-refractivity contribution in [2.24, 2.45) is 0 Å². The lowest BCUT2D eigenvalue weighted by atomic mass is 10.0. The van der Waals surface area contributed by atoms with Gasteiger partial charge in [-0.1, -0.05) is 0 Å². The van der Waals surface area contributed by atoms with Crippen molar-refractivity contribution in [1.29, 1.82) is 0 Å². The lowest BCUT2D eigenvalue weighted by Gasteiger charge is -2.44. The maximum atomic E-state index is 9.74. The molecular weight excluding hydrogens is 456 g/mol. The Kier molecular flexibility index (Phi) is 6.61. The van der Waals surface area contributed by atoms with Crippen molar-refractivity contribution < 1.29 is 9.84 Å². The van der Waals surface area contributed by atoms with Crippen molar-refractivity contribution in [3.8, 4) is 28.7 Å². The Bertz CT molecular complexity index is 1220. The van der Waals surface area contributed by atoms with Crippen LogP contribution in [0.1, 0.15) is 58.2 Å². The lowest BCUT2D eigenvalue weighted by Crippen LogP contribution is -2.56. The van der Waals surface area contributed by atoms with Crippen LogP contribution in [0.4, 0.5) is 0 Å². The highest BCUT2D eigenvalue weighted by Crippen LogP contribution is 2.36. The number of aliphatic hydroxyl groups is 1. The number of ether oxygens (including phenoxy) is 1. The van der Waals surface area contributed by atoms with Crippen LogP contribution in [0, 0.1) is 6.92 Å². The van der Waals surface area contributed by atoms with Gasteiger partial charge in [0.15, 0.2) is 5.82 Å². The molecule has 5 rings (SSSR count).